The number of aromatic amines is 1. The lowest BCUT2D eigenvalue weighted by atomic mass is 9.91. The second-order valence-electron chi connectivity index (χ2n) is 5.74. The van der Waals surface area contributed by atoms with Crippen molar-refractivity contribution < 1.29 is 0 Å². The van der Waals surface area contributed by atoms with Crippen molar-refractivity contribution in [2.24, 2.45) is 0 Å². The summed E-state index contributed by atoms with van der Waals surface area (Å²) in [6.45, 7) is 4.97. The van der Waals surface area contributed by atoms with Gasteiger partial charge in [-0.3, -0.25) is 0 Å². The van der Waals surface area contributed by atoms with Gasteiger partial charge in [-0.2, -0.15) is 0 Å². The predicted octanol–water partition coefficient (Wildman–Crippen LogP) is 4.60. The minimum atomic E-state index is 0.0772. The Morgan fingerprint density at radius 1 is 1.12 bits per heavy atom. The van der Waals surface area contributed by atoms with Crippen molar-refractivity contribution >= 4 is 39.8 Å². The van der Waals surface area contributed by atoms with Gasteiger partial charge in [0, 0.05) is 41.1 Å². The van der Waals surface area contributed by atoms with Crippen LogP contribution in [0.15, 0.2) is 67.4 Å². The Kier molecular flexibility index (Phi) is 5.74. The Hall–Kier alpha value is -2.30. The van der Waals surface area contributed by atoms with Gasteiger partial charge in [-0.25, -0.2) is 0 Å². The lowest BCUT2D eigenvalue weighted by molar-refractivity contribution is 0.751. The summed E-state index contributed by atoms with van der Waals surface area (Å²) in [5.74, 6) is 0.0772. The predicted molar refractivity (Wildman–Crippen MR) is 110 cm³/mol. The number of hydrogen-bond donors (Lipinski definition) is 3. The van der Waals surface area contributed by atoms with Gasteiger partial charge in [0.15, 0.2) is 5.11 Å². The Balaban J connectivity index is 1.93. The zero-order valence-electron chi connectivity index (χ0n) is 13.8. The van der Waals surface area contributed by atoms with Gasteiger partial charge >= 0.3 is 0 Å². The number of rotatable bonds is 6. The van der Waals surface area contributed by atoms with Gasteiger partial charge in [0.1, 0.15) is 0 Å². The van der Waals surface area contributed by atoms with E-state index < -0.39 is 0 Å². The SMILES string of the molecule is C=CCNC(=S)NCC(c1ccccc1Cl)c1c[nH]c2ccccc12. The maximum Gasteiger partial charge on any atom is 0.166 e. The first-order valence-corrected chi connectivity index (χ1v) is 8.92. The van der Waals surface area contributed by atoms with Crippen LogP contribution in [0.2, 0.25) is 5.02 Å². The fourth-order valence-electron chi connectivity index (χ4n) is 2.95. The standard InChI is InChI=1S/C20H20ClN3S/c1-2-11-22-20(25)24-13-16(14-7-3-5-9-18(14)21)17-12-23-19-10-6-4-8-15(17)19/h2-10,12,16,23H,1,11,13H2,(H2,22,24,25). The van der Waals surface area contributed by atoms with Gasteiger partial charge in [0.2, 0.25) is 0 Å². The number of nitrogens with one attached hydrogen (secondary N) is 3. The van der Waals surface area contributed by atoms with Crippen LogP contribution < -0.4 is 10.6 Å². The first kappa shape index (κ1) is 17.5. The molecule has 0 spiro atoms. The maximum atomic E-state index is 6.49. The van der Waals surface area contributed by atoms with Crippen LogP contribution >= 0.6 is 23.8 Å². The highest BCUT2D eigenvalue weighted by Gasteiger charge is 2.20. The first-order chi connectivity index (χ1) is 12.2. The van der Waals surface area contributed by atoms with Crippen molar-refractivity contribution in [1.82, 2.24) is 15.6 Å². The van der Waals surface area contributed by atoms with Crippen LogP contribution in [0, 0.1) is 0 Å². The normalized spacial score (nSPS) is 11.9. The van der Waals surface area contributed by atoms with Gasteiger partial charge in [-0.1, -0.05) is 54.1 Å². The summed E-state index contributed by atoms with van der Waals surface area (Å²) in [5.41, 5.74) is 3.39. The van der Waals surface area contributed by atoms with E-state index in [-0.39, 0.29) is 5.92 Å². The number of aromatic nitrogens is 1. The van der Waals surface area contributed by atoms with Crippen molar-refractivity contribution in [1.29, 1.82) is 0 Å². The van der Waals surface area contributed by atoms with E-state index in [4.69, 9.17) is 23.8 Å². The highest BCUT2D eigenvalue weighted by atomic mass is 35.5. The molecule has 3 rings (SSSR count). The molecule has 3 N–H and O–H groups in total. The Bertz CT molecular complexity index is 887. The summed E-state index contributed by atoms with van der Waals surface area (Å²) in [4.78, 5) is 3.35. The maximum absolute atomic E-state index is 6.49. The third-order valence-corrected chi connectivity index (χ3v) is 4.78. The molecule has 1 aromatic heterocycles. The van der Waals surface area contributed by atoms with E-state index in [9.17, 15) is 0 Å². The second kappa shape index (κ2) is 8.19. The summed E-state index contributed by atoms with van der Waals surface area (Å²) in [6, 6.07) is 16.2. The van der Waals surface area contributed by atoms with Crippen molar-refractivity contribution in [3.05, 3.63) is 83.5 Å². The molecule has 0 aliphatic carbocycles. The highest BCUT2D eigenvalue weighted by Crippen LogP contribution is 2.33. The fourth-order valence-corrected chi connectivity index (χ4v) is 3.38. The second-order valence-corrected chi connectivity index (χ2v) is 6.56. The molecule has 5 heteroatoms. The molecule has 0 amide bonds. The van der Waals surface area contributed by atoms with Gasteiger partial charge in [-0.05, 0) is 35.5 Å². The van der Waals surface area contributed by atoms with Crippen molar-refractivity contribution in [3.8, 4) is 0 Å². The quantitative estimate of drug-likeness (QED) is 0.439. The number of benzene rings is 2. The molecule has 2 aromatic carbocycles. The monoisotopic (exact) mass is 369 g/mol. The molecule has 0 radical (unpaired) electrons. The van der Waals surface area contributed by atoms with Gasteiger partial charge in [0.25, 0.3) is 0 Å². The van der Waals surface area contributed by atoms with Crippen LogP contribution in [0.25, 0.3) is 10.9 Å². The topological polar surface area (TPSA) is 39.8 Å². The van der Waals surface area contributed by atoms with Gasteiger partial charge < -0.3 is 15.6 Å². The fraction of sp³-hybridized carbons (Fsp3) is 0.150. The molecular formula is C20H20ClN3S. The highest BCUT2D eigenvalue weighted by molar-refractivity contribution is 7.80. The van der Waals surface area contributed by atoms with Crippen LogP contribution in [0.5, 0.6) is 0 Å². The summed E-state index contributed by atoms with van der Waals surface area (Å²) in [6.07, 6.45) is 3.83. The number of halogens is 1. The molecule has 1 heterocycles. The largest absolute Gasteiger partial charge is 0.362 e. The number of H-pyrrole nitrogens is 1. The lowest BCUT2D eigenvalue weighted by Crippen LogP contribution is -2.37. The van der Waals surface area contributed by atoms with E-state index in [1.54, 1.807) is 6.08 Å². The van der Waals surface area contributed by atoms with Gasteiger partial charge in [-0.15, -0.1) is 6.58 Å². The molecule has 0 fully saturated rings. The minimum absolute atomic E-state index is 0.0772. The third-order valence-electron chi connectivity index (χ3n) is 4.15. The van der Waals surface area contributed by atoms with E-state index in [2.05, 4.69) is 46.6 Å². The van der Waals surface area contributed by atoms with Crippen LogP contribution in [0.1, 0.15) is 17.0 Å². The van der Waals surface area contributed by atoms with E-state index in [1.807, 2.05) is 30.3 Å². The lowest BCUT2D eigenvalue weighted by Gasteiger charge is -2.20. The van der Waals surface area contributed by atoms with Crippen LogP contribution in [-0.4, -0.2) is 23.2 Å². The molecule has 0 aliphatic rings. The Morgan fingerprint density at radius 3 is 2.68 bits per heavy atom. The van der Waals surface area contributed by atoms with E-state index in [0.717, 1.165) is 16.1 Å². The number of hydrogen-bond acceptors (Lipinski definition) is 1. The molecule has 128 valence electrons. The molecule has 0 saturated carbocycles. The molecule has 1 unspecified atom stereocenters. The van der Waals surface area contributed by atoms with Crippen LogP contribution in [0.4, 0.5) is 0 Å². The molecule has 3 aromatic rings. The average Bonchev–Trinajstić information content (AvgIpc) is 3.05. The zero-order chi connectivity index (χ0) is 17.6. The summed E-state index contributed by atoms with van der Waals surface area (Å²) < 4.78 is 0. The van der Waals surface area contributed by atoms with Crippen LogP contribution in [0.3, 0.4) is 0 Å². The minimum Gasteiger partial charge on any atom is -0.362 e. The van der Waals surface area contributed by atoms with Crippen molar-refractivity contribution in [3.63, 3.8) is 0 Å². The number of thiocarbonyl (C=S) groups is 1. The molecule has 1 atom stereocenters. The molecule has 0 bridgehead atoms. The van der Waals surface area contributed by atoms with E-state index in [1.165, 1.54) is 10.9 Å². The summed E-state index contributed by atoms with van der Waals surface area (Å²) in [7, 11) is 0. The summed E-state index contributed by atoms with van der Waals surface area (Å²) in [5, 5.41) is 8.95. The van der Waals surface area contributed by atoms with E-state index in [0.29, 0.717) is 18.2 Å². The molecule has 25 heavy (non-hydrogen) atoms. The van der Waals surface area contributed by atoms with Crippen molar-refractivity contribution in [2.75, 3.05) is 13.1 Å². The Labute approximate surface area is 158 Å². The third kappa shape index (κ3) is 4.03. The number of para-hydroxylation sites is 1. The summed E-state index contributed by atoms with van der Waals surface area (Å²) >= 11 is 11.8. The van der Waals surface area contributed by atoms with Crippen molar-refractivity contribution in [2.45, 2.75) is 5.92 Å². The van der Waals surface area contributed by atoms with Crippen LogP contribution in [-0.2, 0) is 0 Å². The van der Waals surface area contributed by atoms with E-state index >= 15 is 0 Å². The molecule has 3 nitrogen and oxygen atoms in total. The first-order valence-electron chi connectivity index (χ1n) is 8.13. The Morgan fingerprint density at radius 2 is 1.88 bits per heavy atom. The number of fused-ring (bicyclic) bond motifs is 1. The molecular weight excluding hydrogens is 350 g/mol. The molecule has 0 aliphatic heterocycles. The molecule has 0 saturated heterocycles. The smallest absolute Gasteiger partial charge is 0.166 e. The average molecular weight is 370 g/mol. The zero-order valence-corrected chi connectivity index (χ0v) is 15.3. The van der Waals surface area contributed by atoms with Gasteiger partial charge in [0.05, 0.1) is 0 Å².